The summed E-state index contributed by atoms with van der Waals surface area (Å²) in [4.78, 5) is 17.7. The van der Waals surface area contributed by atoms with Gasteiger partial charge in [-0.25, -0.2) is 9.78 Å². The summed E-state index contributed by atoms with van der Waals surface area (Å²) in [5.74, 6) is -0.435. The van der Waals surface area contributed by atoms with Gasteiger partial charge >= 0.3 is 5.97 Å². The molecule has 1 N–H and O–H groups in total. The van der Waals surface area contributed by atoms with Crippen molar-refractivity contribution in [1.29, 1.82) is 5.26 Å². The van der Waals surface area contributed by atoms with Crippen LogP contribution in [-0.2, 0) is 4.74 Å². The first-order chi connectivity index (χ1) is 11.6. The second kappa shape index (κ2) is 6.69. The molecule has 2 aromatic rings. The van der Waals surface area contributed by atoms with Crippen LogP contribution in [0.4, 0.5) is 5.82 Å². The van der Waals surface area contributed by atoms with Crippen LogP contribution >= 0.6 is 0 Å². The Kier molecular flexibility index (Phi) is 4.45. The average molecular weight is 323 g/mol. The van der Waals surface area contributed by atoms with E-state index < -0.39 is 5.97 Å². The Morgan fingerprint density at radius 3 is 2.67 bits per heavy atom. The molecule has 1 saturated heterocycles. The topological polar surface area (TPSA) is 86.5 Å². The first kappa shape index (κ1) is 16.0. The molecule has 1 aliphatic heterocycles. The molecule has 3 rings (SSSR count). The van der Waals surface area contributed by atoms with Crippen LogP contribution in [0.1, 0.15) is 21.6 Å². The Morgan fingerprint density at radius 2 is 2.00 bits per heavy atom. The standard InChI is InChI=1S/C18H17N3O3/c1-12-13(11-19)3-2-4-14(12)15-5-6-16(18(22)23)20-17(15)21-7-9-24-10-8-21/h2-6H,7-10H2,1H3,(H,22,23). The number of anilines is 1. The number of benzene rings is 1. The highest BCUT2D eigenvalue weighted by Gasteiger charge is 2.21. The SMILES string of the molecule is Cc1c(C#N)cccc1-c1ccc(C(=O)O)nc1N1CCOCC1. The third-order valence-electron chi connectivity index (χ3n) is 4.15. The molecule has 6 nitrogen and oxygen atoms in total. The van der Waals surface area contributed by atoms with Crippen molar-refractivity contribution in [1.82, 2.24) is 4.98 Å². The summed E-state index contributed by atoms with van der Waals surface area (Å²) in [6.07, 6.45) is 0. The van der Waals surface area contributed by atoms with Crippen LogP contribution in [0.3, 0.4) is 0 Å². The number of carboxylic acid groups (broad SMARTS) is 1. The highest BCUT2D eigenvalue weighted by atomic mass is 16.5. The van der Waals surface area contributed by atoms with E-state index in [1.54, 1.807) is 12.1 Å². The number of nitriles is 1. The van der Waals surface area contributed by atoms with E-state index in [4.69, 9.17) is 4.74 Å². The predicted octanol–water partition coefficient (Wildman–Crippen LogP) is 2.46. The number of hydrogen-bond donors (Lipinski definition) is 1. The molecule has 0 amide bonds. The van der Waals surface area contributed by atoms with Gasteiger partial charge in [-0.15, -0.1) is 0 Å². The number of aromatic carboxylic acids is 1. The zero-order valence-electron chi connectivity index (χ0n) is 13.3. The van der Waals surface area contributed by atoms with E-state index in [1.807, 2.05) is 24.0 Å². The first-order valence-electron chi connectivity index (χ1n) is 7.69. The second-order valence-electron chi connectivity index (χ2n) is 5.56. The number of aromatic nitrogens is 1. The maximum atomic E-state index is 11.3. The van der Waals surface area contributed by atoms with Crippen LogP contribution in [0.25, 0.3) is 11.1 Å². The number of morpholine rings is 1. The van der Waals surface area contributed by atoms with E-state index in [1.165, 1.54) is 6.07 Å². The van der Waals surface area contributed by atoms with Gasteiger partial charge in [0.15, 0.2) is 5.69 Å². The van der Waals surface area contributed by atoms with Crippen LogP contribution in [0.5, 0.6) is 0 Å². The van der Waals surface area contributed by atoms with Gasteiger partial charge in [-0.05, 0) is 36.2 Å². The molecule has 0 spiro atoms. The van der Waals surface area contributed by atoms with E-state index >= 15 is 0 Å². The maximum Gasteiger partial charge on any atom is 0.354 e. The molecular formula is C18H17N3O3. The van der Waals surface area contributed by atoms with E-state index in [0.717, 1.165) is 16.7 Å². The van der Waals surface area contributed by atoms with Gasteiger partial charge in [0.1, 0.15) is 5.82 Å². The number of hydrogen-bond acceptors (Lipinski definition) is 5. The summed E-state index contributed by atoms with van der Waals surface area (Å²) in [6, 6.07) is 11.0. The van der Waals surface area contributed by atoms with Crippen molar-refractivity contribution in [3.8, 4) is 17.2 Å². The molecule has 6 heteroatoms. The molecule has 0 aliphatic carbocycles. The van der Waals surface area contributed by atoms with E-state index in [9.17, 15) is 15.2 Å². The minimum Gasteiger partial charge on any atom is -0.477 e. The van der Waals surface area contributed by atoms with Crippen LogP contribution < -0.4 is 4.90 Å². The van der Waals surface area contributed by atoms with Gasteiger partial charge in [-0.3, -0.25) is 0 Å². The summed E-state index contributed by atoms with van der Waals surface area (Å²) >= 11 is 0. The summed E-state index contributed by atoms with van der Waals surface area (Å²) in [6.45, 7) is 4.35. The smallest absolute Gasteiger partial charge is 0.354 e. The zero-order valence-corrected chi connectivity index (χ0v) is 13.3. The van der Waals surface area contributed by atoms with Gasteiger partial charge in [0, 0.05) is 18.7 Å². The number of carboxylic acids is 1. The number of ether oxygens (including phenoxy) is 1. The predicted molar refractivity (Wildman–Crippen MR) is 89.1 cm³/mol. The van der Waals surface area contributed by atoms with Crippen molar-refractivity contribution < 1.29 is 14.6 Å². The highest BCUT2D eigenvalue weighted by molar-refractivity contribution is 5.88. The van der Waals surface area contributed by atoms with E-state index in [-0.39, 0.29) is 5.69 Å². The molecule has 0 atom stereocenters. The van der Waals surface area contributed by atoms with Crippen molar-refractivity contribution in [2.24, 2.45) is 0 Å². The number of pyridine rings is 1. The molecule has 2 heterocycles. The van der Waals surface area contributed by atoms with Gasteiger partial charge in [0.25, 0.3) is 0 Å². The van der Waals surface area contributed by atoms with Crippen molar-refractivity contribution in [3.05, 3.63) is 47.2 Å². The van der Waals surface area contributed by atoms with Gasteiger partial charge in [-0.2, -0.15) is 5.26 Å². The highest BCUT2D eigenvalue weighted by Crippen LogP contribution is 2.33. The Hall–Kier alpha value is -2.91. The average Bonchev–Trinajstić information content (AvgIpc) is 2.62. The molecule has 122 valence electrons. The lowest BCUT2D eigenvalue weighted by Gasteiger charge is -2.30. The molecule has 24 heavy (non-hydrogen) atoms. The fourth-order valence-corrected chi connectivity index (χ4v) is 2.84. The molecule has 0 radical (unpaired) electrons. The fraction of sp³-hybridized carbons (Fsp3) is 0.278. The lowest BCUT2D eigenvalue weighted by atomic mass is 9.96. The monoisotopic (exact) mass is 323 g/mol. The summed E-state index contributed by atoms with van der Waals surface area (Å²) in [5.41, 5.74) is 3.19. The summed E-state index contributed by atoms with van der Waals surface area (Å²) < 4.78 is 5.38. The Labute approximate surface area is 139 Å². The molecule has 0 unspecified atom stereocenters. The number of nitrogens with zero attached hydrogens (tertiary/aromatic N) is 3. The molecule has 0 bridgehead atoms. The largest absolute Gasteiger partial charge is 0.477 e. The van der Waals surface area contributed by atoms with Gasteiger partial charge < -0.3 is 14.7 Å². The number of rotatable bonds is 3. The molecule has 1 aliphatic rings. The fourth-order valence-electron chi connectivity index (χ4n) is 2.84. The quantitative estimate of drug-likeness (QED) is 0.934. The van der Waals surface area contributed by atoms with Crippen molar-refractivity contribution >= 4 is 11.8 Å². The lowest BCUT2D eigenvalue weighted by molar-refractivity contribution is 0.0690. The Morgan fingerprint density at radius 1 is 1.25 bits per heavy atom. The van der Waals surface area contributed by atoms with Crippen LogP contribution in [0.15, 0.2) is 30.3 Å². The zero-order chi connectivity index (χ0) is 17.1. The Balaban J connectivity index is 2.17. The molecule has 1 aromatic carbocycles. The Bertz CT molecular complexity index is 821. The van der Waals surface area contributed by atoms with Gasteiger partial charge in [-0.1, -0.05) is 12.1 Å². The summed E-state index contributed by atoms with van der Waals surface area (Å²) in [7, 11) is 0. The third kappa shape index (κ3) is 2.94. The summed E-state index contributed by atoms with van der Waals surface area (Å²) in [5, 5.41) is 18.5. The first-order valence-corrected chi connectivity index (χ1v) is 7.69. The third-order valence-corrected chi connectivity index (χ3v) is 4.15. The van der Waals surface area contributed by atoms with Gasteiger partial charge in [0.05, 0.1) is 24.8 Å². The van der Waals surface area contributed by atoms with Crippen molar-refractivity contribution in [3.63, 3.8) is 0 Å². The minimum absolute atomic E-state index is 0.00864. The van der Waals surface area contributed by atoms with Crippen LogP contribution in [-0.4, -0.2) is 42.4 Å². The van der Waals surface area contributed by atoms with E-state index in [0.29, 0.717) is 37.7 Å². The van der Waals surface area contributed by atoms with E-state index in [2.05, 4.69) is 11.1 Å². The maximum absolute atomic E-state index is 11.3. The second-order valence-corrected chi connectivity index (χ2v) is 5.56. The normalized spacial score (nSPS) is 14.2. The van der Waals surface area contributed by atoms with Crippen LogP contribution in [0, 0.1) is 18.3 Å². The van der Waals surface area contributed by atoms with Crippen LogP contribution in [0.2, 0.25) is 0 Å². The van der Waals surface area contributed by atoms with Crippen molar-refractivity contribution in [2.75, 3.05) is 31.2 Å². The molecule has 1 aromatic heterocycles. The molecule has 1 fully saturated rings. The lowest BCUT2D eigenvalue weighted by Crippen LogP contribution is -2.37. The van der Waals surface area contributed by atoms with Crippen molar-refractivity contribution in [2.45, 2.75) is 6.92 Å². The van der Waals surface area contributed by atoms with Gasteiger partial charge in [0.2, 0.25) is 0 Å². The molecule has 0 saturated carbocycles. The number of carbonyl (C=O) groups is 1. The minimum atomic E-state index is -1.06. The molecular weight excluding hydrogens is 306 g/mol.